The molecule has 30 heavy (non-hydrogen) atoms. The third kappa shape index (κ3) is 12.7. The van der Waals surface area contributed by atoms with Gasteiger partial charge in [0.1, 0.15) is 6.10 Å². The van der Waals surface area contributed by atoms with E-state index in [0.29, 0.717) is 19.3 Å². The van der Waals surface area contributed by atoms with Crippen molar-refractivity contribution in [3.63, 3.8) is 0 Å². The van der Waals surface area contributed by atoms with Gasteiger partial charge in [0.25, 0.3) is 0 Å². The zero-order valence-electron chi connectivity index (χ0n) is 20.2. The lowest BCUT2D eigenvalue weighted by molar-refractivity contribution is -0.0301. The quantitative estimate of drug-likeness (QED) is 0.379. The highest BCUT2D eigenvalue weighted by atomic mass is 16.6. The van der Waals surface area contributed by atoms with Gasteiger partial charge in [0.15, 0.2) is 0 Å². The van der Waals surface area contributed by atoms with Crippen LogP contribution in [0.2, 0.25) is 0 Å². The first-order valence-corrected chi connectivity index (χ1v) is 12.1. The number of nitrogens with one attached hydrogen (secondary N) is 1. The van der Waals surface area contributed by atoms with Crippen LogP contribution in [-0.2, 0) is 14.2 Å². The number of carbonyl (C=O) groups is 1. The molecule has 178 valence electrons. The van der Waals surface area contributed by atoms with Crippen LogP contribution in [0.15, 0.2) is 0 Å². The van der Waals surface area contributed by atoms with Gasteiger partial charge in [-0.25, -0.2) is 4.79 Å². The number of hydrogen-bond donors (Lipinski definition) is 1. The number of nitrogens with zero attached hydrogens (tertiary/aromatic N) is 2. The first-order chi connectivity index (χ1) is 14.5. The second-order valence-corrected chi connectivity index (χ2v) is 8.46. The monoisotopic (exact) mass is 429 g/mol. The zero-order valence-corrected chi connectivity index (χ0v) is 20.2. The molecule has 0 aromatic rings. The molecule has 1 aliphatic heterocycles. The molecule has 0 aliphatic carbocycles. The average Bonchev–Trinajstić information content (AvgIpc) is 2.71. The van der Waals surface area contributed by atoms with E-state index in [4.69, 9.17) is 14.2 Å². The van der Waals surface area contributed by atoms with Gasteiger partial charge in [0.2, 0.25) is 0 Å². The molecule has 1 heterocycles. The van der Waals surface area contributed by atoms with Crippen LogP contribution >= 0.6 is 0 Å². The molecule has 1 N–H and O–H groups in total. The highest BCUT2D eigenvalue weighted by Crippen LogP contribution is 2.09. The molecule has 7 heteroatoms. The highest BCUT2D eigenvalue weighted by molar-refractivity contribution is 5.67. The van der Waals surface area contributed by atoms with E-state index in [2.05, 4.69) is 42.8 Å². The van der Waals surface area contributed by atoms with Crippen LogP contribution in [0.5, 0.6) is 0 Å². The summed E-state index contributed by atoms with van der Waals surface area (Å²) in [7, 11) is 0. The summed E-state index contributed by atoms with van der Waals surface area (Å²) in [4.78, 5) is 16.8. The van der Waals surface area contributed by atoms with Crippen molar-refractivity contribution in [2.75, 3.05) is 59.0 Å². The fourth-order valence-corrected chi connectivity index (χ4v) is 3.77. The second-order valence-electron chi connectivity index (χ2n) is 8.46. The molecule has 0 saturated carbocycles. The third-order valence-electron chi connectivity index (χ3n) is 5.50. The summed E-state index contributed by atoms with van der Waals surface area (Å²) in [6.07, 6.45) is 5.47. The zero-order chi connectivity index (χ0) is 22.2. The minimum absolute atomic E-state index is 0.189. The van der Waals surface area contributed by atoms with E-state index in [1.807, 2.05) is 6.92 Å². The van der Waals surface area contributed by atoms with Gasteiger partial charge in [0.05, 0.1) is 18.8 Å². The van der Waals surface area contributed by atoms with E-state index in [0.717, 1.165) is 71.6 Å². The van der Waals surface area contributed by atoms with Crippen molar-refractivity contribution >= 4 is 6.09 Å². The molecule has 7 nitrogen and oxygen atoms in total. The summed E-state index contributed by atoms with van der Waals surface area (Å²) in [5.41, 5.74) is 0. The fraction of sp³-hybridized carbons (Fsp3) is 0.957. The van der Waals surface area contributed by atoms with Crippen LogP contribution < -0.4 is 5.32 Å². The third-order valence-corrected chi connectivity index (χ3v) is 5.50. The lowest BCUT2D eigenvalue weighted by Gasteiger charge is -2.36. The minimum atomic E-state index is -0.356. The maximum atomic E-state index is 11.9. The van der Waals surface area contributed by atoms with Gasteiger partial charge >= 0.3 is 6.09 Å². The average molecular weight is 430 g/mol. The number of amides is 1. The van der Waals surface area contributed by atoms with E-state index in [1.165, 1.54) is 6.42 Å². The van der Waals surface area contributed by atoms with Crippen LogP contribution in [0.25, 0.3) is 0 Å². The van der Waals surface area contributed by atoms with Crippen molar-refractivity contribution in [1.29, 1.82) is 0 Å². The maximum absolute atomic E-state index is 11.9. The van der Waals surface area contributed by atoms with Crippen molar-refractivity contribution in [3.05, 3.63) is 0 Å². The number of alkyl carbamates (subject to hydrolysis) is 1. The molecule has 0 aromatic carbocycles. The minimum Gasteiger partial charge on any atom is -0.442 e. The molecule has 3 atom stereocenters. The van der Waals surface area contributed by atoms with E-state index in [9.17, 15) is 4.79 Å². The van der Waals surface area contributed by atoms with Crippen molar-refractivity contribution < 1.29 is 19.0 Å². The van der Waals surface area contributed by atoms with Gasteiger partial charge in [-0.15, -0.1) is 0 Å². The predicted octanol–water partition coefficient (Wildman–Crippen LogP) is 3.52. The lowest BCUT2D eigenvalue weighted by Crippen LogP contribution is -2.50. The Labute approximate surface area is 184 Å². The Kier molecular flexibility index (Phi) is 15.2. The van der Waals surface area contributed by atoms with Gasteiger partial charge in [-0.05, 0) is 40.0 Å². The van der Waals surface area contributed by atoms with E-state index >= 15 is 0 Å². The molecule has 1 fully saturated rings. The van der Waals surface area contributed by atoms with E-state index < -0.39 is 0 Å². The summed E-state index contributed by atoms with van der Waals surface area (Å²) in [5, 5.41) is 2.72. The Morgan fingerprint density at radius 2 is 1.53 bits per heavy atom. The molecule has 0 spiro atoms. The van der Waals surface area contributed by atoms with E-state index in [1.54, 1.807) is 0 Å². The van der Waals surface area contributed by atoms with Crippen LogP contribution in [0, 0.1) is 0 Å². The Bertz CT molecular complexity index is 431. The molecule has 0 aromatic heterocycles. The second kappa shape index (κ2) is 16.8. The van der Waals surface area contributed by atoms with Gasteiger partial charge in [-0.2, -0.15) is 0 Å². The Hall–Kier alpha value is -0.890. The highest BCUT2D eigenvalue weighted by Gasteiger charge is 2.23. The molecule has 3 unspecified atom stereocenters. The first kappa shape index (κ1) is 27.1. The number of ether oxygens (including phenoxy) is 3. The van der Waals surface area contributed by atoms with Crippen LogP contribution in [0.4, 0.5) is 4.79 Å². The molecule has 1 amide bonds. The topological polar surface area (TPSA) is 63.3 Å². The Morgan fingerprint density at radius 3 is 2.13 bits per heavy atom. The fourth-order valence-electron chi connectivity index (χ4n) is 3.77. The summed E-state index contributed by atoms with van der Waals surface area (Å²) < 4.78 is 17.4. The molecule has 0 radical (unpaired) electrons. The van der Waals surface area contributed by atoms with Gasteiger partial charge < -0.3 is 24.4 Å². The number of hydrogen-bond acceptors (Lipinski definition) is 6. The molecule has 1 aliphatic rings. The largest absolute Gasteiger partial charge is 0.442 e. The number of piperazine rings is 1. The van der Waals surface area contributed by atoms with Crippen molar-refractivity contribution in [3.8, 4) is 0 Å². The Balaban J connectivity index is 2.32. The van der Waals surface area contributed by atoms with Crippen LogP contribution in [0.3, 0.4) is 0 Å². The van der Waals surface area contributed by atoms with Crippen molar-refractivity contribution in [2.45, 2.75) is 85.0 Å². The summed E-state index contributed by atoms with van der Waals surface area (Å²) in [5.74, 6) is 0. The molecule has 0 bridgehead atoms. The first-order valence-electron chi connectivity index (χ1n) is 12.1. The standard InChI is InChI=1S/C23H47N3O4/c1-6-10-20(4)28-17-9-12-25-13-15-26(16-14-25)18-22(30-23(27)24-8-3)19-29-21(5)11-7-2/h20-22H,6-19H2,1-5H3,(H,24,27). The van der Waals surface area contributed by atoms with Gasteiger partial charge in [-0.1, -0.05) is 26.7 Å². The molecule has 1 saturated heterocycles. The van der Waals surface area contributed by atoms with Crippen molar-refractivity contribution in [1.82, 2.24) is 15.1 Å². The van der Waals surface area contributed by atoms with Crippen LogP contribution in [0.1, 0.15) is 66.7 Å². The number of rotatable bonds is 16. The molecule has 1 rings (SSSR count). The predicted molar refractivity (Wildman–Crippen MR) is 122 cm³/mol. The normalized spacial score (nSPS) is 18.7. The van der Waals surface area contributed by atoms with Gasteiger partial charge in [-0.3, -0.25) is 4.90 Å². The molecular formula is C23H47N3O4. The summed E-state index contributed by atoms with van der Waals surface area (Å²) >= 11 is 0. The van der Waals surface area contributed by atoms with E-state index in [-0.39, 0.29) is 18.3 Å². The maximum Gasteiger partial charge on any atom is 0.407 e. The SMILES string of the molecule is CCCC(C)OCCCN1CCN(CC(COC(C)CCC)OC(=O)NCC)CC1. The number of carbonyl (C=O) groups excluding carboxylic acids is 1. The van der Waals surface area contributed by atoms with Crippen LogP contribution in [-0.4, -0.2) is 93.2 Å². The Morgan fingerprint density at radius 1 is 0.933 bits per heavy atom. The van der Waals surface area contributed by atoms with Gasteiger partial charge in [0, 0.05) is 52.4 Å². The summed E-state index contributed by atoms with van der Waals surface area (Å²) in [6, 6.07) is 0. The smallest absolute Gasteiger partial charge is 0.407 e. The summed E-state index contributed by atoms with van der Waals surface area (Å²) in [6.45, 7) is 18.2. The van der Waals surface area contributed by atoms with Crippen molar-refractivity contribution in [2.24, 2.45) is 0 Å². The molecular weight excluding hydrogens is 382 g/mol. The lowest BCUT2D eigenvalue weighted by atomic mass is 10.2.